The van der Waals surface area contributed by atoms with Crippen molar-refractivity contribution in [3.8, 4) is 0 Å². The van der Waals surface area contributed by atoms with Crippen molar-refractivity contribution in [2.45, 2.75) is 32.7 Å². The van der Waals surface area contributed by atoms with Crippen LogP contribution in [0.3, 0.4) is 0 Å². The average molecular weight is 287 g/mol. The van der Waals surface area contributed by atoms with Gasteiger partial charge in [-0.15, -0.1) is 0 Å². The van der Waals surface area contributed by atoms with Crippen LogP contribution in [0.25, 0.3) is 5.65 Å². The van der Waals surface area contributed by atoms with Crippen LogP contribution < -0.4 is 0 Å². The maximum atomic E-state index is 10.8. The smallest absolute Gasteiger partial charge is 0.303 e. The van der Waals surface area contributed by atoms with Crippen LogP contribution in [0.4, 0.5) is 0 Å². The summed E-state index contributed by atoms with van der Waals surface area (Å²) in [6, 6.07) is 4.10. The maximum Gasteiger partial charge on any atom is 0.303 e. The van der Waals surface area contributed by atoms with Crippen LogP contribution in [0.2, 0.25) is 0 Å². The zero-order valence-electron chi connectivity index (χ0n) is 12.3. The summed E-state index contributed by atoms with van der Waals surface area (Å²) in [6.45, 7) is 4.76. The summed E-state index contributed by atoms with van der Waals surface area (Å²) < 4.78 is 2.06. The van der Waals surface area contributed by atoms with E-state index in [1.807, 2.05) is 6.07 Å². The Balaban J connectivity index is 1.68. The molecule has 21 heavy (non-hydrogen) atoms. The van der Waals surface area contributed by atoms with Gasteiger partial charge in [0.15, 0.2) is 0 Å². The van der Waals surface area contributed by atoms with E-state index in [1.54, 1.807) is 0 Å². The molecule has 0 aromatic carbocycles. The number of hydrogen-bond donors (Lipinski definition) is 1. The number of imidazole rings is 1. The van der Waals surface area contributed by atoms with Gasteiger partial charge < -0.3 is 9.51 Å². The van der Waals surface area contributed by atoms with Crippen LogP contribution in [-0.4, -0.2) is 38.4 Å². The molecule has 1 unspecified atom stereocenters. The van der Waals surface area contributed by atoms with Gasteiger partial charge in [0, 0.05) is 31.9 Å². The molecular weight excluding hydrogens is 266 g/mol. The van der Waals surface area contributed by atoms with E-state index in [9.17, 15) is 4.79 Å². The minimum absolute atomic E-state index is 0.274. The number of likely N-dealkylation sites (tertiary alicyclic amines) is 1. The summed E-state index contributed by atoms with van der Waals surface area (Å²) in [5, 5.41) is 8.93. The predicted molar refractivity (Wildman–Crippen MR) is 80.2 cm³/mol. The van der Waals surface area contributed by atoms with Gasteiger partial charge in [0.25, 0.3) is 0 Å². The quantitative estimate of drug-likeness (QED) is 0.937. The largest absolute Gasteiger partial charge is 0.481 e. The first-order valence-electron chi connectivity index (χ1n) is 7.48. The highest BCUT2D eigenvalue weighted by Crippen LogP contribution is 2.21. The number of carboxylic acid groups (broad SMARTS) is 1. The van der Waals surface area contributed by atoms with E-state index in [0.29, 0.717) is 0 Å². The van der Waals surface area contributed by atoms with Gasteiger partial charge in [-0.3, -0.25) is 9.69 Å². The maximum absolute atomic E-state index is 10.8. The van der Waals surface area contributed by atoms with Gasteiger partial charge in [-0.1, -0.05) is 6.07 Å². The lowest BCUT2D eigenvalue weighted by Gasteiger charge is -2.31. The SMILES string of the molecule is Cc1ccc2nc(CN3CCCC(CC(=O)O)C3)cn2c1. The Labute approximate surface area is 124 Å². The van der Waals surface area contributed by atoms with Crippen molar-refractivity contribution in [2.75, 3.05) is 13.1 Å². The standard InChI is InChI=1S/C16H21N3O2/c1-12-4-5-15-17-14(11-19(15)8-12)10-18-6-2-3-13(9-18)7-16(20)21/h4-5,8,11,13H,2-3,6-7,9-10H2,1H3,(H,20,21). The first-order chi connectivity index (χ1) is 10.1. The Bertz CT molecular complexity index is 650. The summed E-state index contributed by atoms with van der Waals surface area (Å²) in [5.41, 5.74) is 3.23. The van der Waals surface area contributed by atoms with Crippen LogP contribution >= 0.6 is 0 Å². The van der Waals surface area contributed by atoms with Crippen molar-refractivity contribution >= 4 is 11.6 Å². The zero-order chi connectivity index (χ0) is 14.8. The highest BCUT2D eigenvalue weighted by molar-refractivity contribution is 5.67. The molecule has 3 rings (SSSR count). The second-order valence-electron chi connectivity index (χ2n) is 6.05. The summed E-state index contributed by atoms with van der Waals surface area (Å²) in [5.74, 6) is -0.416. The van der Waals surface area contributed by atoms with E-state index in [4.69, 9.17) is 5.11 Å². The molecule has 5 heteroatoms. The van der Waals surface area contributed by atoms with Crippen LogP contribution in [0, 0.1) is 12.8 Å². The number of hydrogen-bond acceptors (Lipinski definition) is 3. The van der Waals surface area contributed by atoms with E-state index < -0.39 is 5.97 Å². The van der Waals surface area contributed by atoms with Crippen LogP contribution in [-0.2, 0) is 11.3 Å². The number of fused-ring (bicyclic) bond motifs is 1. The molecule has 0 spiro atoms. The molecule has 2 aromatic heterocycles. The van der Waals surface area contributed by atoms with Gasteiger partial charge >= 0.3 is 5.97 Å². The van der Waals surface area contributed by atoms with Crippen LogP contribution in [0.1, 0.15) is 30.5 Å². The molecule has 1 aliphatic heterocycles. The predicted octanol–water partition coefficient (Wildman–Crippen LogP) is 2.33. The Morgan fingerprint density at radius 1 is 1.43 bits per heavy atom. The number of aryl methyl sites for hydroxylation is 1. The number of piperidine rings is 1. The fraction of sp³-hybridized carbons (Fsp3) is 0.500. The third-order valence-corrected chi connectivity index (χ3v) is 4.10. The molecular formula is C16H21N3O2. The van der Waals surface area contributed by atoms with Gasteiger partial charge in [0.1, 0.15) is 5.65 Å². The summed E-state index contributed by atoms with van der Waals surface area (Å²) in [7, 11) is 0. The van der Waals surface area contributed by atoms with Crippen molar-refractivity contribution in [2.24, 2.45) is 5.92 Å². The summed E-state index contributed by atoms with van der Waals surface area (Å²) in [6.07, 6.45) is 6.52. The van der Waals surface area contributed by atoms with Crippen LogP contribution in [0.5, 0.6) is 0 Å². The van der Waals surface area contributed by atoms with Gasteiger partial charge in [0.2, 0.25) is 0 Å². The van der Waals surface area contributed by atoms with Gasteiger partial charge in [-0.05, 0) is 43.9 Å². The number of pyridine rings is 1. The van der Waals surface area contributed by atoms with E-state index in [-0.39, 0.29) is 12.3 Å². The molecule has 5 nitrogen and oxygen atoms in total. The lowest BCUT2D eigenvalue weighted by Crippen LogP contribution is -2.35. The normalized spacial score (nSPS) is 20.0. The summed E-state index contributed by atoms with van der Waals surface area (Å²) in [4.78, 5) is 17.8. The average Bonchev–Trinajstić information content (AvgIpc) is 2.79. The fourth-order valence-corrected chi connectivity index (χ4v) is 3.17. The van der Waals surface area contributed by atoms with Crippen molar-refractivity contribution < 1.29 is 9.90 Å². The monoisotopic (exact) mass is 287 g/mol. The van der Waals surface area contributed by atoms with E-state index >= 15 is 0 Å². The molecule has 112 valence electrons. The number of aromatic nitrogens is 2. The van der Waals surface area contributed by atoms with E-state index in [2.05, 4.69) is 39.7 Å². The third-order valence-electron chi connectivity index (χ3n) is 4.10. The minimum Gasteiger partial charge on any atom is -0.481 e. The Kier molecular flexibility index (Phi) is 3.92. The topological polar surface area (TPSA) is 57.8 Å². The second-order valence-corrected chi connectivity index (χ2v) is 6.05. The molecule has 3 heterocycles. The van der Waals surface area contributed by atoms with Crippen molar-refractivity contribution in [1.82, 2.24) is 14.3 Å². The van der Waals surface area contributed by atoms with Crippen LogP contribution in [0.15, 0.2) is 24.5 Å². The van der Waals surface area contributed by atoms with Crippen molar-refractivity contribution in [1.29, 1.82) is 0 Å². The molecule has 1 atom stereocenters. The summed E-state index contributed by atoms with van der Waals surface area (Å²) >= 11 is 0. The molecule has 1 fully saturated rings. The minimum atomic E-state index is -0.690. The second kappa shape index (κ2) is 5.85. The highest BCUT2D eigenvalue weighted by atomic mass is 16.4. The number of nitrogens with zero attached hydrogens (tertiary/aromatic N) is 3. The molecule has 1 aliphatic rings. The third kappa shape index (κ3) is 3.42. The molecule has 1 N–H and O–H groups in total. The van der Waals surface area contributed by atoms with Gasteiger partial charge in [-0.25, -0.2) is 4.98 Å². The Morgan fingerprint density at radius 2 is 2.29 bits per heavy atom. The molecule has 2 aromatic rings. The first kappa shape index (κ1) is 14.1. The zero-order valence-corrected chi connectivity index (χ0v) is 12.3. The van der Waals surface area contributed by atoms with Gasteiger partial charge in [-0.2, -0.15) is 0 Å². The fourth-order valence-electron chi connectivity index (χ4n) is 3.17. The number of aliphatic carboxylic acids is 1. The lowest BCUT2D eigenvalue weighted by molar-refractivity contribution is -0.138. The van der Waals surface area contributed by atoms with Crippen molar-refractivity contribution in [3.05, 3.63) is 35.8 Å². The molecule has 0 bridgehead atoms. The first-order valence-corrected chi connectivity index (χ1v) is 7.48. The van der Waals surface area contributed by atoms with E-state index in [0.717, 1.165) is 43.8 Å². The number of rotatable bonds is 4. The lowest BCUT2D eigenvalue weighted by atomic mass is 9.95. The van der Waals surface area contributed by atoms with Gasteiger partial charge in [0.05, 0.1) is 5.69 Å². The molecule has 0 saturated carbocycles. The molecule has 1 saturated heterocycles. The van der Waals surface area contributed by atoms with E-state index in [1.165, 1.54) is 5.56 Å². The number of carbonyl (C=O) groups is 1. The van der Waals surface area contributed by atoms with Crippen molar-refractivity contribution in [3.63, 3.8) is 0 Å². The molecule has 0 radical (unpaired) electrons. The molecule has 0 aliphatic carbocycles. The Morgan fingerprint density at radius 3 is 3.10 bits per heavy atom. The number of carboxylic acids is 1. The Hall–Kier alpha value is -1.88. The molecule has 0 amide bonds. The highest BCUT2D eigenvalue weighted by Gasteiger charge is 2.22.